The van der Waals surface area contributed by atoms with E-state index in [2.05, 4.69) is 5.32 Å². The number of imide groups is 1. The summed E-state index contributed by atoms with van der Waals surface area (Å²) in [6, 6.07) is 16.9. The van der Waals surface area contributed by atoms with Crippen LogP contribution in [-0.2, 0) is 9.59 Å². The molecule has 0 aromatic heterocycles. The molecule has 5 nitrogen and oxygen atoms in total. The van der Waals surface area contributed by atoms with Crippen LogP contribution in [0, 0.1) is 0 Å². The number of carbonyl (C=O) groups is 2. The average molecular weight is 338 g/mol. The maximum absolute atomic E-state index is 12.6. The molecule has 1 N–H and O–H groups in total. The lowest BCUT2D eigenvalue weighted by Crippen LogP contribution is -2.34. The first-order chi connectivity index (χ1) is 12.0. The number of likely N-dealkylation sites (tertiary alicyclic amines) is 1. The number of para-hydroxylation sites is 1. The molecule has 3 rings (SSSR count). The third-order valence-electron chi connectivity index (χ3n) is 4.11. The predicted octanol–water partition coefficient (Wildman–Crippen LogP) is 3.39. The summed E-state index contributed by atoms with van der Waals surface area (Å²) >= 11 is 0. The van der Waals surface area contributed by atoms with Crippen LogP contribution in [0.4, 0.5) is 5.69 Å². The van der Waals surface area contributed by atoms with Gasteiger partial charge in [0.2, 0.25) is 11.8 Å². The number of ether oxygens (including phenoxy) is 1. The second-order valence-electron chi connectivity index (χ2n) is 6.35. The Balaban J connectivity index is 1.66. The van der Waals surface area contributed by atoms with Crippen LogP contribution in [0.25, 0.3) is 0 Å². The van der Waals surface area contributed by atoms with E-state index in [1.165, 1.54) is 4.90 Å². The Bertz CT molecular complexity index is 741. The zero-order valence-electron chi connectivity index (χ0n) is 14.4. The van der Waals surface area contributed by atoms with Crippen molar-refractivity contribution in [1.29, 1.82) is 0 Å². The molecule has 25 heavy (non-hydrogen) atoms. The minimum absolute atomic E-state index is 0.0973. The standard InChI is InChI=1S/C20H22N2O3/c1-14(2)25-17-10-8-15(9-11-17)18-12-19(23)22(20(18)24)13-21-16-6-4-3-5-7-16/h3-11,14,18,21H,12-13H2,1-2H3. The van der Waals surface area contributed by atoms with Crippen molar-refractivity contribution in [3.63, 3.8) is 0 Å². The molecule has 1 aliphatic rings. The van der Waals surface area contributed by atoms with Gasteiger partial charge in [-0.05, 0) is 43.7 Å². The molecule has 5 heteroatoms. The molecule has 1 heterocycles. The van der Waals surface area contributed by atoms with E-state index in [9.17, 15) is 9.59 Å². The molecule has 1 saturated heterocycles. The second-order valence-corrected chi connectivity index (χ2v) is 6.35. The number of anilines is 1. The van der Waals surface area contributed by atoms with Gasteiger partial charge in [0.15, 0.2) is 0 Å². The summed E-state index contributed by atoms with van der Waals surface area (Å²) < 4.78 is 5.62. The summed E-state index contributed by atoms with van der Waals surface area (Å²) in [6.45, 7) is 4.11. The monoisotopic (exact) mass is 338 g/mol. The van der Waals surface area contributed by atoms with Crippen LogP contribution >= 0.6 is 0 Å². The number of benzene rings is 2. The van der Waals surface area contributed by atoms with Crippen LogP contribution < -0.4 is 10.1 Å². The number of hydrogen-bond donors (Lipinski definition) is 1. The summed E-state index contributed by atoms with van der Waals surface area (Å²) in [6.07, 6.45) is 0.305. The molecule has 1 atom stereocenters. The van der Waals surface area contributed by atoms with E-state index in [-0.39, 0.29) is 31.0 Å². The summed E-state index contributed by atoms with van der Waals surface area (Å²) in [7, 11) is 0. The zero-order chi connectivity index (χ0) is 17.8. The number of carbonyl (C=O) groups excluding carboxylic acids is 2. The Kier molecular flexibility index (Phi) is 5.03. The van der Waals surface area contributed by atoms with Crippen molar-refractivity contribution in [2.45, 2.75) is 32.3 Å². The number of nitrogens with zero attached hydrogens (tertiary/aromatic N) is 1. The Hall–Kier alpha value is -2.82. The van der Waals surface area contributed by atoms with Crippen LogP contribution in [0.5, 0.6) is 5.75 Å². The van der Waals surface area contributed by atoms with Gasteiger partial charge >= 0.3 is 0 Å². The maximum atomic E-state index is 12.6. The first kappa shape index (κ1) is 17.0. The highest BCUT2D eigenvalue weighted by molar-refractivity contribution is 6.06. The molecule has 2 aromatic rings. The number of nitrogens with one attached hydrogen (secondary N) is 1. The smallest absolute Gasteiger partial charge is 0.238 e. The normalized spacial score (nSPS) is 17.2. The molecule has 1 aliphatic heterocycles. The summed E-state index contributed by atoms with van der Waals surface area (Å²) in [5.41, 5.74) is 1.72. The van der Waals surface area contributed by atoms with Crippen LogP contribution in [-0.4, -0.2) is 29.5 Å². The van der Waals surface area contributed by atoms with Gasteiger partial charge in [-0.3, -0.25) is 14.5 Å². The van der Waals surface area contributed by atoms with Crippen molar-refractivity contribution in [2.24, 2.45) is 0 Å². The third kappa shape index (κ3) is 3.99. The Labute approximate surface area is 147 Å². The maximum Gasteiger partial charge on any atom is 0.238 e. The largest absolute Gasteiger partial charge is 0.491 e. The number of hydrogen-bond acceptors (Lipinski definition) is 4. The highest BCUT2D eigenvalue weighted by atomic mass is 16.5. The topological polar surface area (TPSA) is 58.6 Å². The van der Waals surface area contributed by atoms with Crippen molar-refractivity contribution < 1.29 is 14.3 Å². The average Bonchev–Trinajstić information content (AvgIpc) is 2.88. The van der Waals surface area contributed by atoms with Crippen molar-refractivity contribution in [1.82, 2.24) is 4.90 Å². The van der Waals surface area contributed by atoms with Crippen LogP contribution in [0.2, 0.25) is 0 Å². The number of rotatable bonds is 6. The molecule has 0 aliphatic carbocycles. The van der Waals surface area contributed by atoms with Gasteiger partial charge in [-0.1, -0.05) is 30.3 Å². The molecule has 130 valence electrons. The SMILES string of the molecule is CC(C)Oc1ccc(C2CC(=O)N(CNc3ccccc3)C2=O)cc1. The highest BCUT2D eigenvalue weighted by Gasteiger charge is 2.39. The molecule has 0 bridgehead atoms. The van der Waals surface area contributed by atoms with E-state index in [4.69, 9.17) is 4.74 Å². The molecule has 1 fully saturated rings. The van der Waals surface area contributed by atoms with Crippen LogP contribution in [0.3, 0.4) is 0 Å². The van der Waals surface area contributed by atoms with Gasteiger partial charge in [-0.15, -0.1) is 0 Å². The lowest BCUT2D eigenvalue weighted by molar-refractivity contribution is -0.138. The fourth-order valence-corrected chi connectivity index (χ4v) is 2.89. The summed E-state index contributed by atoms with van der Waals surface area (Å²) in [5.74, 6) is 0.0307. The third-order valence-corrected chi connectivity index (χ3v) is 4.11. The Morgan fingerprint density at radius 2 is 1.76 bits per heavy atom. The minimum atomic E-state index is -0.418. The fraction of sp³-hybridized carbons (Fsp3) is 0.300. The Morgan fingerprint density at radius 3 is 2.40 bits per heavy atom. The van der Waals surface area contributed by atoms with E-state index in [1.54, 1.807) is 0 Å². The van der Waals surface area contributed by atoms with Crippen molar-refractivity contribution in [3.05, 3.63) is 60.2 Å². The quantitative estimate of drug-likeness (QED) is 0.820. The van der Waals surface area contributed by atoms with Gasteiger partial charge < -0.3 is 10.1 Å². The zero-order valence-corrected chi connectivity index (χ0v) is 14.4. The highest BCUT2D eigenvalue weighted by Crippen LogP contribution is 2.30. The van der Waals surface area contributed by atoms with Crippen LogP contribution in [0.15, 0.2) is 54.6 Å². The fourth-order valence-electron chi connectivity index (χ4n) is 2.89. The summed E-state index contributed by atoms with van der Waals surface area (Å²) in [4.78, 5) is 26.2. The molecular weight excluding hydrogens is 316 g/mol. The van der Waals surface area contributed by atoms with Crippen molar-refractivity contribution in [2.75, 3.05) is 12.0 Å². The van der Waals surface area contributed by atoms with Gasteiger partial charge in [0.1, 0.15) is 5.75 Å². The first-order valence-electron chi connectivity index (χ1n) is 8.44. The molecule has 1 unspecified atom stereocenters. The predicted molar refractivity (Wildman–Crippen MR) is 96.3 cm³/mol. The first-order valence-corrected chi connectivity index (χ1v) is 8.44. The van der Waals surface area contributed by atoms with Gasteiger partial charge in [0.25, 0.3) is 0 Å². The second kappa shape index (κ2) is 7.38. The van der Waals surface area contributed by atoms with E-state index in [1.807, 2.05) is 68.4 Å². The number of amides is 2. The minimum Gasteiger partial charge on any atom is -0.491 e. The molecule has 0 spiro atoms. The van der Waals surface area contributed by atoms with Gasteiger partial charge in [-0.2, -0.15) is 0 Å². The summed E-state index contributed by atoms with van der Waals surface area (Å²) in [5, 5.41) is 3.11. The molecule has 2 amide bonds. The lowest BCUT2D eigenvalue weighted by Gasteiger charge is -2.17. The van der Waals surface area contributed by atoms with E-state index >= 15 is 0 Å². The Morgan fingerprint density at radius 1 is 1.08 bits per heavy atom. The van der Waals surface area contributed by atoms with E-state index in [0.29, 0.717) is 0 Å². The van der Waals surface area contributed by atoms with E-state index < -0.39 is 5.92 Å². The van der Waals surface area contributed by atoms with Crippen LogP contribution in [0.1, 0.15) is 31.7 Å². The van der Waals surface area contributed by atoms with Gasteiger partial charge in [0, 0.05) is 12.1 Å². The lowest BCUT2D eigenvalue weighted by atomic mass is 9.97. The van der Waals surface area contributed by atoms with Crippen molar-refractivity contribution in [3.8, 4) is 5.75 Å². The van der Waals surface area contributed by atoms with E-state index in [0.717, 1.165) is 17.0 Å². The van der Waals surface area contributed by atoms with Gasteiger partial charge in [0.05, 0.1) is 18.7 Å². The molecular formula is C20H22N2O3. The van der Waals surface area contributed by atoms with Gasteiger partial charge in [-0.25, -0.2) is 0 Å². The molecule has 0 saturated carbocycles. The van der Waals surface area contributed by atoms with Crippen molar-refractivity contribution >= 4 is 17.5 Å². The molecule has 0 radical (unpaired) electrons. The molecule has 2 aromatic carbocycles.